The number of benzene rings is 2. The molecule has 2 unspecified atom stereocenters. The van der Waals surface area contributed by atoms with Gasteiger partial charge in [0.1, 0.15) is 0 Å². The molecule has 3 aromatic rings. The normalized spacial score (nSPS) is 24.6. The molecular formula is C28H34N+. The third kappa shape index (κ3) is 2.31. The van der Waals surface area contributed by atoms with Crippen LogP contribution < -0.4 is 4.57 Å². The van der Waals surface area contributed by atoms with Crippen molar-refractivity contribution in [1.82, 2.24) is 0 Å². The quantitative estimate of drug-likeness (QED) is 0.417. The number of pyridine rings is 1. The largest absolute Gasteiger partial charge is 0.221 e. The third-order valence-electron chi connectivity index (χ3n) is 8.33. The maximum absolute atomic E-state index is 2.70. The van der Waals surface area contributed by atoms with Crippen molar-refractivity contribution in [2.45, 2.75) is 83.6 Å². The van der Waals surface area contributed by atoms with Gasteiger partial charge < -0.3 is 0 Å². The topological polar surface area (TPSA) is 3.88 Å². The molecular weight excluding hydrogens is 350 g/mol. The Kier molecular flexibility index (Phi) is 4.35. The molecule has 0 amide bonds. The zero-order valence-corrected chi connectivity index (χ0v) is 18.5. The van der Waals surface area contributed by atoms with Crippen molar-refractivity contribution in [3.05, 3.63) is 65.4 Å². The fraction of sp³-hybridized carbons (Fsp3) is 0.464. The van der Waals surface area contributed by atoms with Gasteiger partial charge >= 0.3 is 0 Å². The van der Waals surface area contributed by atoms with Gasteiger partial charge in [-0.3, -0.25) is 0 Å². The predicted molar refractivity (Wildman–Crippen MR) is 122 cm³/mol. The number of aromatic nitrogens is 1. The molecule has 5 rings (SSSR count). The molecule has 29 heavy (non-hydrogen) atoms. The highest BCUT2D eigenvalue weighted by atomic mass is 15.1. The Labute approximate surface area is 175 Å². The van der Waals surface area contributed by atoms with Crippen molar-refractivity contribution in [1.29, 1.82) is 0 Å². The minimum atomic E-state index is 0.229. The van der Waals surface area contributed by atoms with Gasteiger partial charge in [0.15, 0.2) is 11.7 Å². The third-order valence-corrected chi connectivity index (χ3v) is 8.33. The number of hydrogen-bond acceptors (Lipinski definition) is 0. The van der Waals surface area contributed by atoms with E-state index in [0.29, 0.717) is 0 Å². The summed E-state index contributed by atoms with van der Waals surface area (Å²) in [6.07, 6.45) is 11.1. The predicted octanol–water partition coefficient (Wildman–Crippen LogP) is 7.01. The average Bonchev–Trinajstić information content (AvgIpc) is 2.73. The second-order valence-corrected chi connectivity index (χ2v) is 9.39. The molecule has 0 saturated heterocycles. The summed E-state index contributed by atoms with van der Waals surface area (Å²) in [5.41, 5.74) is 7.93. The van der Waals surface area contributed by atoms with Crippen LogP contribution in [0.1, 0.15) is 76.0 Å². The van der Waals surface area contributed by atoms with Crippen LogP contribution in [0.3, 0.4) is 0 Å². The maximum atomic E-state index is 2.70. The van der Waals surface area contributed by atoms with Gasteiger partial charge in [0.25, 0.3) is 0 Å². The van der Waals surface area contributed by atoms with Crippen molar-refractivity contribution in [2.75, 3.05) is 0 Å². The fourth-order valence-corrected chi connectivity index (χ4v) is 6.69. The van der Waals surface area contributed by atoms with Gasteiger partial charge in [-0.2, -0.15) is 4.57 Å². The molecule has 2 heterocycles. The Bertz CT molecular complexity index is 1090. The molecule has 1 aliphatic carbocycles. The van der Waals surface area contributed by atoms with Crippen LogP contribution >= 0.6 is 0 Å². The SMILES string of the molecule is CCCCc1cccc2c3[n+](ccc12)C1(CC)CCC1(CC)c1ccc(C)cc1-3. The van der Waals surface area contributed by atoms with Crippen molar-refractivity contribution < 1.29 is 4.57 Å². The summed E-state index contributed by atoms with van der Waals surface area (Å²) in [7, 11) is 0. The van der Waals surface area contributed by atoms with E-state index in [1.165, 1.54) is 78.1 Å². The van der Waals surface area contributed by atoms with E-state index in [0.717, 1.165) is 0 Å². The minimum absolute atomic E-state index is 0.229. The summed E-state index contributed by atoms with van der Waals surface area (Å²) < 4.78 is 2.70. The van der Waals surface area contributed by atoms with E-state index < -0.39 is 0 Å². The molecule has 0 N–H and O–H groups in total. The van der Waals surface area contributed by atoms with Gasteiger partial charge in [0.2, 0.25) is 5.69 Å². The number of rotatable bonds is 5. The lowest BCUT2D eigenvalue weighted by molar-refractivity contribution is -0.782. The molecule has 1 heteroatoms. The molecule has 2 aliphatic rings. The van der Waals surface area contributed by atoms with Gasteiger partial charge in [-0.1, -0.05) is 57.0 Å². The standard InChI is InChI=1S/C28H34N/c1-5-8-10-21-11-9-12-23-22(21)15-18-29-26(23)24-19-20(4)13-14-25(24)27(6-2)16-17-28(27,29)7-3/h9,11-15,18-19H,5-8,10,16-17H2,1-4H3/q+1. The van der Waals surface area contributed by atoms with E-state index >= 15 is 0 Å². The highest BCUT2D eigenvalue weighted by molar-refractivity contribution is 5.96. The molecule has 150 valence electrons. The maximum Gasteiger partial charge on any atom is 0.221 e. The Hall–Kier alpha value is -2.15. The zero-order valence-electron chi connectivity index (χ0n) is 18.5. The van der Waals surface area contributed by atoms with Gasteiger partial charge in [-0.25, -0.2) is 0 Å². The second-order valence-electron chi connectivity index (χ2n) is 9.39. The number of aryl methyl sites for hydroxylation is 2. The van der Waals surface area contributed by atoms with Crippen LogP contribution in [0.25, 0.3) is 22.0 Å². The Morgan fingerprint density at radius 2 is 1.79 bits per heavy atom. The van der Waals surface area contributed by atoms with E-state index in [-0.39, 0.29) is 11.0 Å². The number of unbranched alkanes of at least 4 members (excludes halogenated alkanes) is 1. The van der Waals surface area contributed by atoms with Crippen LogP contribution in [-0.4, -0.2) is 0 Å². The second kappa shape index (κ2) is 6.69. The highest BCUT2D eigenvalue weighted by Crippen LogP contribution is 2.62. The first-order chi connectivity index (χ1) is 14.1. The fourth-order valence-electron chi connectivity index (χ4n) is 6.69. The lowest BCUT2D eigenvalue weighted by Crippen LogP contribution is -2.75. The van der Waals surface area contributed by atoms with Crippen molar-refractivity contribution in [3.63, 3.8) is 0 Å². The van der Waals surface area contributed by atoms with Crippen molar-refractivity contribution in [3.8, 4) is 11.3 Å². The molecule has 1 saturated carbocycles. The smallest absolute Gasteiger partial charge is 0.191 e. The first kappa shape index (κ1) is 18.9. The van der Waals surface area contributed by atoms with Gasteiger partial charge in [-0.15, -0.1) is 0 Å². The van der Waals surface area contributed by atoms with Crippen LogP contribution in [0.4, 0.5) is 0 Å². The summed E-state index contributed by atoms with van der Waals surface area (Å²) in [6, 6.07) is 16.7. The highest BCUT2D eigenvalue weighted by Gasteiger charge is 2.68. The molecule has 1 aliphatic heterocycles. The molecule has 1 nitrogen and oxygen atoms in total. The summed E-state index contributed by atoms with van der Waals surface area (Å²) in [6.45, 7) is 9.33. The number of fused-ring (bicyclic) bond motifs is 8. The van der Waals surface area contributed by atoms with Crippen LogP contribution in [0.2, 0.25) is 0 Å². The molecule has 0 spiro atoms. The summed E-state index contributed by atoms with van der Waals surface area (Å²) in [4.78, 5) is 0. The zero-order chi connectivity index (χ0) is 20.2. The van der Waals surface area contributed by atoms with E-state index in [9.17, 15) is 0 Å². The van der Waals surface area contributed by atoms with Crippen LogP contribution in [0.5, 0.6) is 0 Å². The van der Waals surface area contributed by atoms with E-state index in [2.05, 4.69) is 80.9 Å². The Morgan fingerprint density at radius 1 is 0.931 bits per heavy atom. The van der Waals surface area contributed by atoms with Crippen LogP contribution in [0, 0.1) is 6.92 Å². The lowest BCUT2D eigenvalue weighted by atomic mass is 9.47. The van der Waals surface area contributed by atoms with Gasteiger partial charge in [-0.05, 0) is 61.3 Å². The molecule has 1 fully saturated rings. The van der Waals surface area contributed by atoms with Crippen molar-refractivity contribution in [2.24, 2.45) is 0 Å². The lowest BCUT2D eigenvalue weighted by Gasteiger charge is -2.57. The molecule has 2 aromatic carbocycles. The Balaban J connectivity index is 1.87. The molecule has 0 radical (unpaired) electrons. The monoisotopic (exact) mass is 384 g/mol. The first-order valence-electron chi connectivity index (χ1n) is 11.7. The van der Waals surface area contributed by atoms with Gasteiger partial charge in [0.05, 0.1) is 16.4 Å². The summed E-state index contributed by atoms with van der Waals surface area (Å²) in [5, 5.41) is 2.90. The Morgan fingerprint density at radius 3 is 2.48 bits per heavy atom. The van der Waals surface area contributed by atoms with E-state index in [4.69, 9.17) is 0 Å². The van der Waals surface area contributed by atoms with Crippen molar-refractivity contribution >= 4 is 10.8 Å². The first-order valence-corrected chi connectivity index (χ1v) is 11.7. The number of nitrogens with zero attached hydrogens (tertiary/aromatic N) is 1. The van der Waals surface area contributed by atoms with Gasteiger partial charge in [0, 0.05) is 18.9 Å². The van der Waals surface area contributed by atoms with Crippen LogP contribution in [0.15, 0.2) is 48.7 Å². The molecule has 0 bridgehead atoms. The minimum Gasteiger partial charge on any atom is -0.191 e. The van der Waals surface area contributed by atoms with E-state index in [1.807, 2.05) is 0 Å². The molecule has 1 aromatic heterocycles. The summed E-state index contributed by atoms with van der Waals surface area (Å²) in [5.74, 6) is 0. The average molecular weight is 385 g/mol. The molecule has 2 atom stereocenters. The summed E-state index contributed by atoms with van der Waals surface area (Å²) >= 11 is 0. The van der Waals surface area contributed by atoms with Crippen LogP contribution in [-0.2, 0) is 17.4 Å². The van der Waals surface area contributed by atoms with E-state index in [1.54, 1.807) is 5.56 Å². The number of hydrogen-bond donors (Lipinski definition) is 0.